The van der Waals surface area contributed by atoms with Crippen molar-refractivity contribution in [2.24, 2.45) is 0 Å². The lowest BCUT2D eigenvalue weighted by Crippen LogP contribution is -2.34. The molecule has 1 fully saturated rings. The lowest BCUT2D eigenvalue weighted by molar-refractivity contribution is 0.600. The predicted molar refractivity (Wildman–Crippen MR) is 72.0 cm³/mol. The summed E-state index contributed by atoms with van der Waals surface area (Å²) in [6.07, 6.45) is 0.638. The van der Waals surface area contributed by atoms with Crippen LogP contribution in [0.2, 0.25) is 5.15 Å². The van der Waals surface area contributed by atoms with E-state index < -0.39 is 9.84 Å². The highest BCUT2D eigenvalue weighted by Crippen LogP contribution is 2.27. The van der Waals surface area contributed by atoms with E-state index in [0.29, 0.717) is 17.4 Å². The molecular weight excluding hydrogens is 274 g/mol. The van der Waals surface area contributed by atoms with Gasteiger partial charge in [0.2, 0.25) is 0 Å². The van der Waals surface area contributed by atoms with Crippen LogP contribution in [0.25, 0.3) is 0 Å². The third-order valence-electron chi connectivity index (χ3n) is 3.26. The fourth-order valence-electron chi connectivity index (χ4n) is 2.18. The first-order valence-electron chi connectivity index (χ1n) is 5.74. The molecule has 0 radical (unpaired) electrons. The molecule has 0 amide bonds. The van der Waals surface area contributed by atoms with Crippen molar-refractivity contribution < 1.29 is 8.42 Å². The maximum Gasteiger partial charge on any atom is 0.152 e. The zero-order chi connectivity index (χ0) is 13.5. The Labute approximate surface area is 112 Å². The van der Waals surface area contributed by atoms with Crippen molar-refractivity contribution in [3.63, 3.8) is 0 Å². The summed E-state index contributed by atoms with van der Waals surface area (Å²) in [6, 6.07) is -0.0286. The first-order chi connectivity index (χ1) is 8.30. The molecule has 1 atom stereocenters. The number of anilines is 1. The molecule has 0 saturated carbocycles. The minimum absolute atomic E-state index is 0.0286. The van der Waals surface area contributed by atoms with Crippen molar-refractivity contribution in [1.29, 1.82) is 0 Å². The molecule has 0 spiro atoms. The largest absolute Gasteiger partial charge is 0.355 e. The van der Waals surface area contributed by atoms with E-state index in [9.17, 15) is 8.42 Å². The fourth-order valence-corrected chi connectivity index (χ4v) is 4.16. The number of hydrogen-bond acceptors (Lipinski definition) is 5. The molecule has 1 aliphatic rings. The second kappa shape index (κ2) is 4.66. The van der Waals surface area contributed by atoms with Gasteiger partial charge in [-0.3, -0.25) is 0 Å². The van der Waals surface area contributed by atoms with Crippen molar-refractivity contribution in [2.45, 2.75) is 26.3 Å². The average Bonchev–Trinajstić information content (AvgIpc) is 2.63. The van der Waals surface area contributed by atoms with Crippen molar-refractivity contribution in [2.75, 3.05) is 23.5 Å². The summed E-state index contributed by atoms with van der Waals surface area (Å²) in [6.45, 7) is 3.62. The average molecular weight is 290 g/mol. The van der Waals surface area contributed by atoms with Crippen LogP contribution in [0.3, 0.4) is 0 Å². The Morgan fingerprint density at radius 1 is 1.33 bits per heavy atom. The van der Waals surface area contributed by atoms with Gasteiger partial charge in [0.05, 0.1) is 11.5 Å². The summed E-state index contributed by atoms with van der Waals surface area (Å²) in [4.78, 5) is 10.3. The second-order valence-corrected chi connectivity index (χ2v) is 7.26. The van der Waals surface area contributed by atoms with Crippen LogP contribution in [0.15, 0.2) is 0 Å². The van der Waals surface area contributed by atoms with Crippen molar-refractivity contribution in [3.05, 3.63) is 16.5 Å². The van der Waals surface area contributed by atoms with Gasteiger partial charge in [-0.15, -0.1) is 0 Å². The monoisotopic (exact) mass is 289 g/mol. The molecule has 0 N–H and O–H groups in total. The smallest absolute Gasteiger partial charge is 0.152 e. The van der Waals surface area contributed by atoms with Crippen LogP contribution in [0.1, 0.15) is 17.8 Å². The van der Waals surface area contributed by atoms with Crippen molar-refractivity contribution in [3.8, 4) is 0 Å². The number of rotatable bonds is 2. The molecule has 1 aromatic rings. The third kappa shape index (κ3) is 2.59. The van der Waals surface area contributed by atoms with Gasteiger partial charge < -0.3 is 4.90 Å². The van der Waals surface area contributed by atoms with E-state index in [2.05, 4.69) is 9.97 Å². The molecule has 1 aromatic heterocycles. The highest BCUT2D eigenvalue weighted by atomic mass is 35.5. The van der Waals surface area contributed by atoms with Gasteiger partial charge in [-0.25, -0.2) is 18.4 Å². The number of hydrogen-bond donors (Lipinski definition) is 0. The molecule has 1 unspecified atom stereocenters. The highest BCUT2D eigenvalue weighted by molar-refractivity contribution is 7.91. The molecule has 0 aliphatic carbocycles. The van der Waals surface area contributed by atoms with Gasteiger partial charge >= 0.3 is 0 Å². The lowest BCUT2D eigenvalue weighted by Gasteiger charge is -2.26. The molecular formula is C11H16ClN3O2S. The summed E-state index contributed by atoms with van der Waals surface area (Å²) >= 11 is 6.03. The van der Waals surface area contributed by atoms with Crippen LogP contribution in [-0.2, 0) is 9.84 Å². The van der Waals surface area contributed by atoms with Gasteiger partial charge in [-0.05, 0) is 20.3 Å². The Morgan fingerprint density at radius 2 is 2.00 bits per heavy atom. The summed E-state index contributed by atoms with van der Waals surface area (Å²) in [5.74, 6) is 1.74. The molecule has 1 saturated heterocycles. The zero-order valence-electron chi connectivity index (χ0n) is 10.6. The normalized spacial score (nSPS) is 22.1. The second-order valence-electron chi connectivity index (χ2n) is 4.68. The zero-order valence-corrected chi connectivity index (χ0v) is 12.2. The fraction of sp³-hybridized carbons (Fsp3) is 0.636. The van der Waals surface area contributed by atoms with E-state index in [1.54, 1.807) is 6.92 Å². The van der Waals surface area contributed by atoms with Crippen LogP contribution in [-0.4, -0.2) is 43.0 Å². The van der Waals surface area contributed by atoms with Gasteiger partial charge in [-0.1, -0.05) is 11.6 Å². The summed E-state index contributed by atoms with van der Waals surface area (Å²) < 4.78 is 23.0. The van der Waals surface area contributed by atoms with E-state index >= 15 is 0 Å². The Hall–Kier alpha value is -0.880. The Balaban J connectivity index is 2.32. The molecule has 7 heteroatoms. The third-order valence-corrected chi connectivity index (χ3v) is 5.38. The molecule has 0 aromatic carbocycles. The van der Waals surface area contributed by atoms with Crippen molar-refractivity contribution in [1.82, 2.24) is 9.97 Å². The number of sulfone groups is 1. The number of aryl methyl sites for hydroxylation is 1. The van der Waals surface area contributed by atoms with E-state index in [1.807, 2.05) is 18.9 Å². The molecule has 0 bridgehead atoms. The van der Waals surface area contributed by atoms with E-state index in [4.69, 9.17) is 11.6 Å². The minimum atomic E-state index is -2.90. The number of aromatic nitrogens is 2. The molecule has 1 aliphatic heterocycles. The number of nitrogens with zero attached hydrogens (tertiary/aromatic N) is 3. The van der Waals surface area contributed by atoms with Gasteiger partial charge in [0, 0.05) is 18.7 Å². The van der Waals surface area contributed by atoms with Gasteiger partial charge in [0.15, 0.2) is 9.84 Å². The molecule has 2 rings (SSSR count). The van der Waals surface area contributed by atoms with E-state index in [0.717, 1.165) is 11.4 Å². The summed E-state index contributed by atoms with van der Waals surface area (Å²) in [5, 5.41) is 0.421. The highest BCUT2D eigenvalue weighted by Gasteiger charge is 2.32. The lowest BCUT2D eigenvalue weighted by atomic mass is 10.2. The van der Waals surface area contributed by atoms with E-state index in [-0.39, 0.29) is 17.5 Å². The van der Waals surface area contributed by atoms with Crippen LogP contribution < -0.4 is 4.90 Å². The van der Waals surface area contributed by atoms with Gasteiger partial charge in [0.25, 0.3) is 0 Å². The quantitative estimate of drug-likeness (QED) is 0.770. The predicted octanol–water partition coefficient (Wildman–Crippen LogP) is 1.37. The first kappa shape index (κ1) is 13.5. The van der Waals surface area contributed by atoms with Gasteiger partial charge in [-0.2, -0.15) is 0 Å². The number of halogens is 1. The molecule has 5 nitrogen and oxygen atoms in total. The molecule has 2 heterocycles. The Kier molecular flexibility index (Phi) is 3.51. The van der Waals surface area contributed by atoms with Crippen LogP contribution in [0.5, 0.6) is 0 Å². The SMILES string of the molecule is Cc1nc(Cl)c(C)c(N(C)C2CCS(=O)(=O)C2)n1. The van der Waals surface area contributed by atoms with Gasteiger partial charge in [0.1, 0.15) is 16.8 Å². The standard InChI is InChI=1S/C11H16ClN3O2S/c1-7-10(12)13-8(2)14-11(7)15(3)9-4-5-18(16,17)6-9/h9H,4-6H2,1-3H3. The van der Waals surface area contributed by atoms with Crippen LogP contribution in [0.4, 0.5) is 5.82 Å². The maximum absolute atomic E-state index is 11.5. The van der Waals surface area contributed by atoms with Crippen LogP contribution in [0, 0.1) is 13.8 Å². The van der Waals surface area contributed by atoms with E-state index in [1.165, 1.54) is 0 Å². The molecule has 18 heavy (non-hydrogen) atoms. The minimum Gasteiger partial charge on any atom is -0.355 e. The van der Waals surface area contributed by atoms with Crippen molar-refractivity contribution >= 4 is 27.3 Å². The Bertz CT molecular complexity index is 574. The summed E-state index contributed by atoms with van der Waals surface area (Å²) in [7, 11) is -1.04. The molecule has 100 valence electrons. The maximum atomic E-state index is 11.5. The summed E-state index contributed by atoms with van der Waals surface area (Å²) in [5.41, 5.74) is 0.786. The topological polar surface area (TPSA) is 63.2 Å². The first-order valence-corrected chi connectivity index (χ1v) is 7.94. The van der Waals surface area contributed by atoms with Crippen LogP contribution >= 0.6 is 11.6 Å². The Morgan fingerprint density at radius 3 is 2.56 bits per heavy atom.